The first-order chi connectivity index (χ1) is 8.25. The molecule has 0 aromatic carbocycles. The van der Waals surface area contributed by atoms with Crippen LogP contribution < -0.4 is 4.90 Å². The summed E-state index contributed by atoms with van der Waals surface area (Å²) in [6.07, 6.45) is 2.49. The largest absolute Gasteiger partial charge is 0.378 e. The molecule has 0 amide bonds. The molecule has 0 bridgehead atoms. The van der Waals surface area contributed by atoms with Crippen LogP contribution in [0.5, 0.6) is 0 Å². The molecule has 1 aliphatic carbocycles. The van der Waals surface area contributed by atoms with E-state index in [2.05, 4.69) is 30.8 Å². The van der Waals surface area contributed by atoms with Crippen molar-refractivity contribution in [3.05, 3.63) is 14.8 Å². The fraction of sp³-hybridized carbons (Fsp3) is 0.636. The van der Waals surface area contributed by atoms with Crippen molar-refractivity contribution in [1.82, 2.24) is 9.97 Å². The highest BCUT2D eigenvalue weighted by Gasteiger charge is 2.28. The molecule has 17 heavy (non-hydrogen) atoms. The van der Waals surface area contributed by atoms with E-state index in [0.717, 1.165) is 36.7 Å². The summed E-state index contributed by atoms with van der Waals surface area (Å²) in [5.74, 6) is 1.53. The number of nitrogens with zero attached hydrogens (tertiary/aromatic N) is 2. The molecule has 1 aliphatic heterocycles. The molecule has 3 rings (SSSR count). The van der Waals surface area contributed by atoms with Crippen molar-refractivity contribution in [3.8, 4) is 0 Å². The Balaban J connectivity index is 1.96. The zero-order valence-electron chi connectivity index (χ0n) is 9.41. The zero-order chi connectivity index (χ0) is 11.8. The lowest BCUT2D eigenvalue weighted by molar-refractivity contribution is 0.122. The number of nitrogens with one attached hydrogen (secondary N) is 1. The number of ether oxygens (including phenoxy) is 1. The van der Waals surface area contributed by atoms with Gasteiger partial charge in [-0.3, -0.25) is 0 Å². The maximum Gasteiger partial charge on any atom is 0.204 e. The third kappa shape index (κ3) is 2.39. The van der Waals surface area contributed by atoms with Gasteiger partial charge in [0.1, 0.15) is 4.64 Å². The molecule has 2 fully saturated rings. The van der Waals surface area contributed by atoms with Gasteiger partial charge in [-0.15, -0.1) is 0 Å². The van der Waals surface area contributed by atoms with Gasteiger partial charge in [0, 0.05) is 24.7 Å². The molecule has 1 saturated carbocycles. The Kier molecular flexibility index (Phi) is 3.19. The standard InChI is InChI=1S/C11H14BrN3OS/c12-8-9(7-1-2-7)13-11(14-10(8)17)15-3-5-16-6-4-15/h7H,1-6H2,(H,13,14,17). The first-order valence-corrected chi connectivity index (χ1v) is 7.08. The van der Waals surface area contributed by atoms with Gasteiger partial charge in [-0.05, 0) is 28.8 Å². The third-order valence-corrected chi connectivity index (χ3v) is 4.53. The minimum Gasteiger partial charge on any atom is -0.378 e. The number of aromatic nitrogens is 2. The number of aromatic amines is 1. The van der Waals surface area contributed by atoms with Crippen molar-refractivity contribution in [3.63, 3.8) is 0 Å². The molecule has 1 N–H and O–H groups in total. The Morgan fingerprint density at radius 3 is 2.71 bits per heavy atom. The molecule has 1 aromatic rings. The van der Waals surface area contributed by atoms with Crippen LogP contribution >= 0.6 is 28.1 Å². The molecule has 2 heterocycles. The van der Waals surface area contributed by atoms with Crippen molar-refractivity contribution >= 4 is 34.1 Å². The summed E-state index contributed by atoms with van der Waals surface area (Å²) in [6.45, 7) is 3.28. The number of rotatable bonds is 2. The van der Waals surface area contributed by atoms with Gasteiger partial charge in [-0.2, -0.15) is 0 Å². The van der Waals surface area contributed by atoms with Gasteiger partial charge in [-0.1, -0.05) is 12.2 Å². The van der Waals surface area contributed by atoms with Crippen LogP contribution in [0.1, 0.15) is 24.5 Å². The van der Waals surface area contributed by atoms with E-state index in [4.69, 9.17) is 17.0 Å². The van der Waals surface area contributed by atoms with E-state index in [9.17, 15) is 0 Å². The van der Waals surface area contributed by atoms with Crippen LogP contribution in [0.25, 0.3) is 0 Å². The van der Waals surface area contributed by atoms with Gasteiger partial charge in [-0.25, -0.2) is 4.98 Å². The van der Waals surface area contributed by atoms with Crippen molar-refractivity contribution in [2.75, 3.05) is 31.2 Å². The molecular weight excluding hydrogens is 302 g/mol. The second-order valence-electron chi connectivity index (χ2n) is 4.47. The van der Waals surface area contributed by atoms with Gasteiger partial charge in [0.25, 0.3) is 0 Å². The molecule has 0 unspecified atom stereocenters. The lowest BCUT2D eigenvalue weighted by Crippen LogP contribution is -2.37. The average molecular weight is 316 g/mol. The highest BCUT2D eigenvalue weighted by Crippen LogP contribution is 2.42. The summed E-state index contributed by atoms with van der Waals surface area (Å²) >= 11 is 8.85. The highest BCUT2D eigenvalue weighted by molar-refractivity contribution is 9.10. The van der Waals surface area contributed by atoms with Gasteiger partial charge in [0.2, 0.25) is 5.95 Å². The number of hydrogen-bond donors (Lipinski definition) is 1. The fourth-order valence-electron chi connectivity index (χ4n) is 2.04. The van der Waals surface area contributed by atoms with E-state index < -0.39 is 0 Å². The average Bonchev–Trinajstić information content (AvgIpc) is 3.18. The molecule has 1 saturated heterocycles. The number of hydrogen-bond acceptors (Lipinski definition) is 4. The molecule has 6 heteroatoms. The summed E-state index contributed by atoms with van der Waals surface area (Å²) in [5.41, 5.74) is 1.21. The van der Waals surface area contributed by atoms with Crippen molar-refractivity contribution < 1.29 is 4.74 Å². The molecule has 92 valence electrons. The van der Waals surface area contributed by atoms with Gasteiger partial charge in [0.15, 0.2) is 0 Å². The Morgan fingerprint density at radius 1 is 1.35 bits per heavy atom. The molecule has 1 aromatic heterocycles. The van der Waals surface area contributed by atoms with Gasteiger partial charge in [0.05, 0.1) is 17.7 Å². The van der Waals surface area contributed by atoms with Crippen molar-refractivity contribution in [2.45, 2.75) is 18.8 Å². The van der Waals surface area contributed by atoms with Crippen LogP contribution in [0.15, 0.2) is 4.47 Å². The predicted molar refractivity (Wildman–Crippen MR) is 72.1 cm³/mol. The third-order valence-electron chi connectivity index (χ3n) is 3.17. The smallest absolute Gasteiger partial charge is 0.204 e. The van der Waals surface area contributed by atoms with E-state index in [1.54, 1.807) is 0 Å². The highest BCUT2D eigenvalue weighted by atomic mass is 79.9. The van der Waals surface area contributed by atoms with Crippen molar-refractivity contribution in [1.29, 1.82) is 0 Å². The summed E-state index contributed by atoms with van der Waals surface area (Å²) in [7, 11) is 0. The first-order valence-electron chi connectivity index (χ1n) is 5.88. The molecule has 4 nitrogen and oxygen atoms in total. The lowest BCUT2D eigenvalue weighted by atomic mass is 10.3. The SMILES string of the molecule is S=c1nc(N2CCOCC2)[nH]c(C2CC2)c1Br. The topological polar surface area (TPSA) is 41.2 Å². The maximum atomic E-state index is 5.35. The normalized spacial score (nSPS) is 20.6. The molecule has 2 aliphatic rings. The summed E-state index contributed by atoms with van der Waals surface area (Å²) in [5, 5.41) is 0. The predicted octanol–water partition coefficient (Wildman–Crippen LogP) is 2.62. The van der Waals surface area contributed by atoms with Crippen LogP contribution in [0.2, 0.25) is 0 Å². The minimum atomic E-state index is 0.633. The van der Waals surface area contributed by atoms with Crippen LogP contribution in [-0.2, 0) is 4.74 Å². The molecular formula is C11H14BrN3OS. The fourth-order valence-corrected chi connectivity index (χ4v) is 2.75. The maximum absolute atomic E-state index is 5.35. The van der Waals surface area contributed by atoms with E-state index >= 15 is 0 Å². The van der Waals surface area contributed by atoms with E-state index in [0.29, 0.717) is 10.6 Å². The van der Waals surface area contributed by atoms with Crippen LogP contribution in [0.3, 0.4) is 0 Å². The molecule has 0 atom stereocenters. The number of morpholine rings is 1. The van der Waals surface area contributed by atoms with E-state index in [1.165, 1.54) is 18.5 Å². The monoisotopic (exact) mass is 315 g/mol. The zero-order valence-corrected chi connectivity index (χ0v) is 11.8. The van der Waals surface area contributed by atoms with E-state index in [1.807, 2.05) is 0 Å². The number of anilines is 1. The number of halogens is 1. The second kappa shape index (κ2) is 4.66. The lowest BCUT2D eigenvalue weighted by Gasteiger charge is -2.27. The van der Waals surface area contributed by atoms with E-state index in [-0.39, 0.29) is 0 Å². The van der Waals surface area contributed by atoms with Crippen molar-refractivity contribution in [2.24, 2.45) is 0 Å². The van der Waals surface area contributed by atoms with Gasteiger partial charge < -0.3 is 14.6 Å². The summed E-state index contributed by atoms with van der Waals surface area (Å²) in [4.78, 5) is 10.1. The Morgan fingerprint density at radius 2 is 2.06 bits per heavy atom. The molecule has 0 radical (unpaired) electrons. The van der Waals surface area contributed by atoms with Crippen LogP contribution in [0, 0.1) is 4.64 Å². The van der Waals surface area contributed by atoms with Crippen LogP contribution in [0.4, 0.5) is 5.95 Å². The quantitative estimate of drug-likeness (QED) is 0.852. The first kappa shape index (κ1) is 11.6. The summed E-state index contributed by atoms with van der Waals surface area (Å²) in [6, 6.07) is 0. The Hall–Kier alpha value is -0.460. The van der Waals surface area contributed by atoms with Crippen LogP contribution in [-0.4, -0.2) is 36.3 Å². The summed E-state index contributed by atoms with van der Waals surface area (Å²) < 4.78 is 6.97. The Bertz CT molecular complexity index is 480. The minimum absolute atomic E-state index is 0.633. The second-order valence-corrected chi connectivity index (χ2v) is 5.65. The Labute approximate surface area is 114 Å². The van der Waals surface area contributed by atoms with Gasteiger partial charge >= 0.3 is 0 Å². The molecule has 0 spiro atoms. The number of H-pyrrole nitrogens is 1.